The quantitative estimate of drug-likeness (QED) is 0.626. The molecular weight excluding hydrogens is 342 g/mol. The third-order valence-corrected chi connectivity index (χ3v) is 3.76. The number of aromatic nitrogens is 1. The Bertz CT molecular complexity index is 778. The van der Waals surface area contributed by atoms with Crippen molar-refractivity contribution in [3.63, 3.8) is 0 Å². The van der Waals surface area contributed by atoms with Crippen LogP contribution in [0, 0.1) is 6.92 Å². The van der Waals surface area contributed by atoms with Crippen LogP contribution in [0.2, 0.25) is 5.02 Å². The van der Waals surface area contributed by atoms with Crippen LogP contribution in [0.15, 0.2) is 41.6 Å². The lowest BCUT2D eigenvalue weighted by Crippen LogP contribution is -2.19. The summed E-state index contributed by atoms with van der Waals surface area (Å²) in [5, 5.41) is 7.02. The summed E-state index contributed by atoms with van der Waals surface area (Å²) < 4.78 is 5.03. The molecule has 1 aromatic carbocycles. The summed E-state index contributed by atoms with van der Waals surface area (Å²) in [4.78, 5) is 20.9. The number of rotatable bonds is 6. The van der Waals surface area contributed by atoms with Crippen LogP contribution in [0.3, 0.4) is 0 Å². The van der Waals surface area contributed by atoms with E-state index in [0.29, 0.717) is 22.9 Å². The number of pyridine rings is 1. The summed E-state index contributed by atoms with van der Waals surface area (Å²) in [7, 11) is 1.50. The van der Waals surface area contributed by atoms with Gasteiger partial charge in [0.1, 0.15) is 6.61 Å². The highest BCUT2D eigenvalue weighted by Gasteiger charge is 2.07. The van der Waals surface area contributed by atoms with Crippen molar-refractivity contribution in [2.75, 3.05) is 7.05 Å². The zero-order valence-electron chi connectivity index (χ0n) is 14.4. The highest BCUT2D eigenvalue weighted by molar-refractivity contribution is 6.31. The van der Waals surface area contributed by atoms with Gasteiger partial charge in [0, 0.05) is 23.3 Å². The van der Waals surface area contributed by atoms with Gasteiger partial charge in [0.2, 0.25) is 0 Å². The first kappa shape index (κ1) is 18.7. The van der Waals surface area contributed by atoms with E-state index in [1.54, 1.807) is 6.07 Å². The number of carbonyl (C=O) groups is 1. The Hall–Kier alpha value is -2.60. The maximum absolute atomic E-state index is 11.2. The van der Waals surface area contributed by atoms with Crippen LogP contribution < -0.4 is 5.32 Å². The minimum atomic E-state index is -0.513. The fraction of sp³-hybridized carbons (Fsp3) is 0.278. The highest BCUT2D eigenvalue weighted by atomic mass is 35.5. The van der Waals surface area contributed by atoms with Gasteiger partial charge in [-0.15, -0.1) is 0 Å². The van der Waals surface area contributed by atoms with Gasteiger partial charge in [-0.25, -0.2) is 4.79 Å². The van der Waals surface area contributed by atoms with E-state index in [2.05, 4.69) is 15.5 Å². The second-order valence-electron chi connectivity index (χ2n) is 5.35. The molecule has 0 aliphatic carbocycles. The predicted molar refractivity (Wildman–Crippen MR) is 96.7 cm³/mol. The molecule has 132 valence electrons. The molecule has 0 saturated heterocycles. The Morgan fingerprint density at radius 2 is 2.08 bits per heavy atom. The molecule has 2 rings (SSSR count). The predicted octanol–water partition coefficient (Wildman–Crippen LogP) is 3.84. The SMILES string of the molecule is CNC(=O)OCc1cc(C(C)=NOCc2cccc(C)n2)ccc1Cl. The molecule has 0 radical (unpaired) electrons. The Morgan fingerprint density at radius 3 is 2.80 bits per heavy atom. The molecule has 1 N–H and O–H groups in total. The smallest absolute Gasteiger partial charge is 0.407 e. The second-order valence-corrected chi connectivity index (χ2v) is 5.76. The Kier molecular flexibility index (Phi) is 6.77. The molecule has 0 aliphatic rings. The number of benzene rings is 1. The van der Waals surface area contributed by atoms with Crippen molar-refractivity contribution in [1.29, 1.82) is 0 Å². The number of carbonyl (C=O) groups excluding carboxylic acids is 1. The second kappa shape index (κ2) is 9.03. The van der Waals surface area contributed by atoms with Gasteiger partial charge in [0.15, 0.2) is 6.61 Å². The van der Waals surface area contributed by atoms with Crippen molar-refractivity contribution in [1.82, 2.24) is 10.3 Å². The molecule has 0 unspecified atom stereocenters. The summed E-state index contributed by atoms with van der Waals surface area (Å²) in [5.41, 5.74) is 3.95. The van der Waals surface area contributed by atoms with E-state index in [-0.39, 0.29) is 6.61 Å². The van der Waals surface area contributed by atoms with Crippen LogP contribution in [-0.2, 0) is 22.8 Å². The van der Waals surface area contributed by atoms with Crippen LogP contribution in [0.25, 0.3) is 0 Å². The maximum Gasteiger partial charge on any atom is 0.407 e. The summed E-state index contributed by atoms with van der Waals surface area (Å²) in [6.07, 6.45) is -0.513. The van der Waals surface area contributed by atoms with Crippen molar-refractivity contribution in [2.24, 2.45) is 5.16 Å². The molecule has 1 aromatic heterocycles. The topological polar surface area (TPSA) is 72.8 Å². The number of aryl methyl sites for hydroxylation is 1. The van der Waals surface area contributed by atoms with Crippen molar-refractivity contribution in [2.45, 2.75) is 27.1 Å². The van der Waals surface area contributed by atoms with E-state index in [1.807, 2.05) is 44.2 Å². The molecule has 0 fully saturated rings. The molecule has 1 amide bonds. The van der Waals surface area contributed by atoms with E-state index in [1.165, 1.54) is 7.05 Å². The van der Waals surface area contributed by atoms with E-state index >= 15 is 0 Å². The zero-order valence-corrected chi connectivity index (χ0v) is 15.1. The Balaban J connectivity index is 2.02. The van der Waals surface area contributed by atoms with Crippen molar-refractivity contribution >= 4 is 23.4 Å². The third kappa shape index (κ3) is 5.76. The lowest BCUT2D eigenvalue weighted by atomic mass is 10.1. The molecule has 25 heavy (non-hydrogen) atoms. The maximum atomic E-state index is 11.2. The number of amides is 1. The van der Waals surface area contributed by atoms with E-state index in [9.17, 15) is 4.79 Å². The fourth-order valence-electron chi connectivity index (χ4n) is 2.05. The van der Waals surface area contributed by atoms with Gasteiger partial charge in [-0.3, -0.25) is 4.98 Å². The fourth-order valence-corrected chi connectivity index (χ4v) is 2.23. The van der Waals surface area contributed by atoms with Crippen molar-refractivity contribution in [3.05, 3.63) is 63.9 Å². The zero-order chi connectivity index (χ0) is 18.2. The molecule has 0 bridgehead atoms. The first-order chi connectivity index (χ1) is 12.0. The van der Waals surface area contributed by atoms with Crippen LogP contribution in [0.1, 0.15) is 29.4 Å². The number of nitrogens with zero attached hydrogens (tertiary/aromatic N) is 2. The summed E-state index contributed by atoms with van der Waals surface area (Å²) >= 11 is 6.14. The van der Waals surface area contributed by atoms with Crippen LogP contribution in [0.5, 0.6) is 0 Å². The standard InChI is InChI=1S/C18H20ClN3O3/c1-12-5-4-6-16(21-12)11-25-22-13(2)14-7-8-17(19)15(9-14)10-24-18(23)20-3/h4-9H,10-11H2,1-3H3,(H,20,23). The van der Waals surface area contributed by atoms with Gasteiger partial charge >= 0.3 is 6.09 Å². The summed E-state index contributed by atoms with van der Waals surface area (Å²) in [6, 6.07) is 11.1. The van der Waals surface area contributed by atoms with Gasteiger partial charge in [0.05, 0.1) is 11.4 Å². The molecule has 0 aliphatic heterocycles. The van der Waals surface area contributed by atoms with E-state index in [4.69, 9.17) is 21.2 Å². The third-order valence-electron chi connectivity index (χ3n) is 3.39. The van der Waals surface area contributed by atoms with Crippen LogP contribution in [-0.4, -0.2) is 23.8 Å². The monoisotopic (exact) mass is 361 g/mol. The van der Waals surface area contributed by atoms with Crippen LogP contribution in [0.4, 0.5) is 4.79 Å². The molecule has 0 atom stereocenters. The van der Waals surface area contributed by atoms with Crippen molar-refractivity contribution < 1.29 is 14.4 Å². The number of ether oxygens (including phenoxy) is 1. The molecule has 6 nitrogen and oxygen atoms in total. The lowest BCUT2D eigenvalue weighted by Gasteiger charge is -2.09. The minimum Gasteiger partial charge on any atom is -0.445 e. The molecule has 7 heteroatoms. The first-order valence-electron chi connectivity index (χ1n) is 7.72. The lowest BCUT2D eigenvalue weighted by molar-refractivity contribution is 0.127. The van der Waals surface area contributed by atoms with E-state index < -0.39 is 6.09 Å². The average molecular weight is 362 g/mol. The van der Waals surface area contributed by atoms with Gasteiger partial charge in [-0.05, 0) is 43.7 Å². The van der Waals surface area contributed by atoms with E-state index in [0.717, 1.165) is 17.0 Å². The van der Waals surface area contributed by atoms with Gasteiger partial charge in [0.25, 0.3) is 0 Å². The molecular formula is C18H20ClN3O3. The Morgan fingerprint density at radius 1 is 1.28 bits per heavy atom. The number of hydrogen-bond acceptors (Lipinski definition) is 5. The van der Waals surface area contributed by atoms with Crippen molar-refractivity contribution in [3.8, 4) is 0 Å². The summed E-state index contributed by atoms with van der Waals surface area (Å²) in [5.74, 6) is 0. The minimum absolute atomic E-state index is 0.0771. The Labute approximate surface area is 151 Å². The largest absolute Gasteiger partial charge is 0.445 e. The first-order valence-corrected chi connectivity index (χ1v) is 8.10. The number of nitrogens with one attached hydrogen (secondary N) is 1. The van der Waals surface area contributed by atoms with Crippen LogP contribution >= 0.6 is 11.6 Å². The molecule has 2 aromatic rings. The number of halogens is 1. The number of alkyl carbamates (subject to hydrolysis) is 1. The average Bonchev–Trinajstić information content (AvgIpc) is 2.60. The summed E-state index contributed by atoms with van der Waals surface area (Å²) in [6.45, 7) is 4.12. The normalized spacial score (nSPS) is 11.1. The highest BCUT2D eigenvalue weighted by Crippen LogP contribution is 2.19. The van der Waals surface area contributed by atoms with Gasteiger partial charge < -0.3 is 14.9 Å². The molecule has 1 heterocycles. The molecule has 0 spiro atoms. The number of hydrogen-bond donors (Lipinski definition) is 1. The molecule has 0 saturated carbocycles. The van der Waals surface area contributed by atoms with Gasteiger partial charge in [-0.2, -0.15) is 0 Å². The van der Waals surface area contributed by atoms with Gasteiger partial charge in [-0.1, -0.05) is 28.9 Å². The number of oxime groups is 1.